The summed E-state index contributed by atoms with van der Waals surface area (Å²) in [5, 5.41) is 6.94. The summed E-state index contributed by atoms with van der Waals surface area (Å²) in [7, 11) is 0. The van der Waals surface area contributed by atoms with Crippen molar-refractivity contribution in [3.63, 3.8) is 0 Å². The Morgan fingerprint density at radius 3 is 2.77 bits per heavy atom. The molecule has 2 heterocycles. The quantitative estimate of drug-likeness (QED) is 0.659. The summed E-state index contributed by atoms with van der Waals surface area (Å²) in [6.07, 6.45) is 2.37. The molecule has 3 rings (SSSR count). The summed E-state index contributed by atoms with van der Waals surface area (Å²) in [5.74, 6) is 0.543. The average Bonchev–Trinajstić information content (AvgIpc) is 3.42. The molecule has 2 amide bonds. The molecule has 7 heteroatoms. The van der Waals surface area contributed by atoms with E-state index in [1.54, 1.807) is 11.0 Å². The number of carbonyl (C=O) groups is 2. The Hall–Kier alpha value is -2.67. The molecule has 31 heavy (non-hydrogen) atoms. The fourth-order valence-corrected chi connectivity index (χ4v) is 3.74. The number of aryl methyl sites for hydroxylation is 2. The van der Waals surface area contributed by atoms with Crippen molar-refractivity contribution < 1.29 is 18.8 Å². The van der Waals surface area contributed by atoms with E-state index >= 15 is 0 Å². The van der Waals surface area contributed by atoms with Gasteiger partial charge in [0.25, 0.3) is 5.91 Å². The van der Waals surface area contributed by atoms with Gasteiger partial charge in [-0.05, 0) is 44.2 Å². The van der Waals surface area contributed by atoms with E-state index in [9.17, 15) is 9.59 Å². The zero-order valence-electron chi connectivity index (χ0n) is 18.9. The van der Waals surface area contributed by atoms with Crippen molar-refractivity contribution in [2.45, 2.75) is 53.1 Å². The SMILES string of the molecule is Cc1ccc(C)c(-c2cc(C(=O)N(CCC(=O)NC[C@@H]3CCCO3)CC(C)C)no2)c1. The van der Waals surface area contributed by atoms with E-state index < -0.39 is 0 Å². The molecule has 0 radical (unpaired) electrons. The maximum atomic E-state index is 13.1. The molecule has 1 aromatic carbocycles. The number of nitrogens with zero attached hydrogens (tertiary/aromatic N) is 2. The first kappa shape index (κ1) is 23.0. The summed E-state index contributed by atoms with van der Waals surface area (Å²) in [5.41, 5.74) is 3.36. The minimum atomic E-state index is -0.221. The normalized spacial score (nSPS) is 16.0. The van der Waals surface area contributed by atoms with Gasteiger partial charge in [-0.25, -0.2) is 0 Å². The monoisotopic (exact) mass is 427 g/mol. The second-order valence-corrected chi connectivity index (χ2v) is 8.73. The highest BCUT2D eigenvalue weighted by Gasteiger charge is 2.23. The Morgan fingerprint density at radius 2 is 2.06 bits per heavy atom. The molecular weight excluding hydrogens is 394 g/mol. The third-order valence-corrected chi connectivity index (χ3v) is 5.42. The van der Waals surface area contributed by atoms with Gasteiger partial charge in [0.1, 0.15) is 0 Å². The van der Waals surface area contributed by atoms with Crippen molar-refractivity contribution in [2.24, 2.45) is 5.92 Å². The molecule has 1 aromatic heterocycles. The fraction of sp³-hybridized carbons (Fsp3) is 0.542. The smallest absolute Gasteiger partial charge is 0.276 e. The molecule has 1 aliphatic rings. The van der Waals surface area contributed by atoms with Crippen LogP contribution in [0.4, 0.5) is 0 Å². The number of amides is 2. The standard InChI is InChI=1S/C24H33N3O4/c1-16(2)15-27(10-9-23(28)25-14-19-6-5-11-30-19)24(29)21-13-22(31-26-21)20-12-17(3)7-8-18(20)4/h7-8,12-13,16,19H,5-6,9-11,14-15H2,1-4H3,(H,25,28)/t19-/m0/s1. The lowest BCUT2D eigenvalue weighted by atomic mass is 10.0. The number of carbonyl (C=O) groups excluding carboxylic acids is 2. The van der Waals surface area contributed by atoms with Crippen LogP contribution in [0.25, 0.3) is 11.3 Å². The van der Waals surface area contributed by atoms with Crippen LogP contribution >= 0.6 is 0 Å². The van der Waals surface area contributed by atoms with Gasteiger partial charge in [-0.2, -0.15) is 0 Å². The molecule has 1 aliphatic heterocycles. The van der Waals surface area contributed by atoms with Crippen LogP contribution < -0.4 is 5.32 Å². The molecular formula is C24H33N3O4. The number of rotatable bonds is 9. The predicted molar refractivity (Wildman–Crippen MR) is 119 cm³/mol. The van der Waals surface area contributed by atoms with Gasteiger partial charge in [-0.1, -0.05) is 36.7 Å². The van der Waals surface area contributed by atoms with E-state index in [4.69, 9.17) is 9.26 Å². The van der Waals surface area contributed by atoms with Crippen molar-refractivity contribution in [3.05, 3.63) is 41.1 Å². The van der Waals surface area contributed by atoms with Crippen LogP contribution in [0, 0.1) is 19.8 Å². The highest BCUT2D eigenvalue weighted by molar-refractivity contribution is 5.93. The number of hydrogen-bond donors (Lipinski definition) is 1. The summed E-state index contributed by atoms with van der Waals surface area (Å²) >= 11 is 0. The van der Waals surface area contributed by atoms with E-state index in [0.717, 1.165) is 36.1 Å². The van der Waals surface area contributed by atoms with E-state index in [2.05, 4.69) is 10.5 Å². The third-order valence-electron chi connectivity index (χ3n) is 5.42. The van der Waals surface area contributed by atoms with Gasteiger partial charge < -0.3 is 19.5 Å². The molecule has 1 N–H and O–H groups in total. The van der Waals surface area contributed by atoms with Gasteiger partial charge in [-0.3, -0.25) is 9.59 Å². The van der Waals surface area contributed by atoms with Crippen LogP contribution in [0.15, 0.2) is 28.8 Å². The lowest BCUT2D eigenvalue weighted by Crippen LogP contribution is -2.39. The zero-order chi connectivity index (χ0) is 22.4. The summed E-state index contributed by atoms with van der Waals surface area (Å²) in [4.78, 5) is 27.1. The van der Waals surface area contributed by atoms with Gasteiger partial charge in [-0.15, -0.1) is 0 Å². The van der Waals surface area contributed by atoms with Crippen LogP contribution in [-0.2, 0) is 9.53 Å². The van der Waals surface area contributed by atoms with Crippen LogP contribution in [0.2, 0.25) is 0 Å². The number of benzene rings is 1. The Balaban J connectivity index is 1.63. The van der Waals surface area contributed by atoms with Gasteiger partial charge >= 0.3 is 0 Å². The zero-order valence-corrected chi connectivity index (χ0v) is 18.9. The van der Waals surface area contributed by atoms with Crippen LogP contribution in [0.3, 0.4) is 0 Å². The Morgan fingerprint density at radius 1 is 1.26 bits per heavy atom. The Bertz CT molecular complexity index is 900. The molecule has 1 atom stereocenters. The molecule has 0 saturated carbocycles. The molecule has 0 unspecified atom stereocenters. The Kier molecular flexibility index (Phi) is 7.85. The third kappa shape index (κ3) is 6.40. The number of nitrogens with one attached hydrogen (secondary N) is 1. The van der Waals surface area contributed by atoms with Crippen molar-refractivity contribution in [1.82, 2.24) is 15.4 Å². The second kappa shape index (κ2) is 10.6. The van der Waals surface area contributed by atoms with Crippen molar-refractivity contribution in [1.29, 1.82) is 0 Å². The van der Waals surface area contributed by atoms with Crippen molar-refractivity contribution in [3.8, 4) is 11.3 Å². The minimum Gasteiger partial charge on any atom is -0.376 e. The highest BCUT2D eigenvalue weighted by atomic mass is 16.5. The van der Waals surface area contributed by atoms with E-state index in [0.29, 0.717) is 25.4 Å². The second-order valence-electron chi connectivity index (χ2n) is 8.73. The fourth-order valence-electron chi connectivity index (χ4n) is 3.74. The number of hydrogen-bond acceptors (Lipinski definition) is 5. The molecule has 0 spiro atoms. The van der Waals surface area contributed by atoms with Crippen molar-refractivity contribution >= 4 is 11.8 Å². The maximum absolute atomic E-state index is 13.1. The van der Waals surface area contributed by atoms with Crippen LogP contribution in [0.5, 0.6) is 0 Å². The predicted octanol–water partition coefficient (Wildman–Crippen LogP) is 3.74. The highest BCUT2D eigenvalue weighted by Crippen LogP contribution is 2.26. The molecule has 0 bridgehead atoms. The summed E-state index contributed by atoms with van der Waals surface area (Å²) < 4.78 is 11.0. The van der Waals surface area contributed by atoms with Gasteiger partial charge in [0.15, 0.2) is 11.5 Å². The molecule has 2 aromatic rings. The first-order valence-corrected chi connectivity index (χ1v) is 11.1. The van der Waals surface area contributed by atoms with E-state index in [1.165, 1.54) is 0 Å². The lowest BCUT2D eigenvalue weighted by molar-refractivity contribution is -0.121. The topological polar surface area (TPSA) is 84.7 Å². The van der Waals surface area contributed by atoms with Gasteiger partial charge in [0, 0.05) is 44.3 Å². The maximum Gasteiger partial charge on any atom is 0.276 e. The van der Waals surface area contributed by atoms with Crippen molar-refractivity contribution in [2.75, 3.05) is 26.2 Å². The lowest BCUT2D eigenvalue weighted by Gasteiger charge is -2.23. The molecule has 1 fully saturated rings. The molecule has 1 saturated heterocycles. The number of aromatic nitrogens is 1. The van der Waals surface area contributed by atoms with Gasteiger partial charge in [0.05, 0.1) is 6.10 Å². The van der Waals surface area contributed by atoms with Crippen LogP contribution in [-0.4, -0.2) is 54.2 Å². The Labute approximate surface area is 184 Å². The average molecular weight is 428 g/mol. The first-order valence-electron chi connectivity index (χ1n) is 11.1. The summed E-state index contributed by atoms with van der Waals surface area (Å²) in [6.45, 7) is 10.3. The first-order chi connectivity index (χ1) is 14.8. The van der Waals surface area contributed by atoms with E-state index in [-0.39, 0.29) is 36.0 Å². The van der Waals surface area contributed by atoms with E-state index in [1.807, 2.05) is 45.9 Å². The molecule has 0 aliphatic carbocycles. The minimum absolute atomic E-state index is 0.0757. The number of ether oxygens (including phenoxy) is 1. The largest absolute Gasteiger partial charge is 0.376 e. The van der Waals surface area contributed by atoms with Gasteiger partial charge in [0.2, 0.25) is 5.91 Å². The molecule has 168 valence electrons. The molecule has 7 nitrogen and oxygen atoms in total. The van der Waals surface area contributed by atoms with Crippen LogP contribution in [0.1, 0.15) is 54.7 Å². The summed E-state index contributed by atoms with van der Waals surface area (Å²) in [6, 6.07) is 7.77.